The second-order valence-electron chi connectivity index (χ2n) is 40.7. The number of methoxy groups -OCH3 is 2. The highest BCUT2D eigenvalue weighted by Crippen LogP contribution is 2.50. The molecule has 8 unspecified atom stereocenters. The number of piperidine rings is 4. The van der Waals surface area contributed by atoms with E-state index in [0.29, 0.717) is 102 Å². The van der Waals surface area contributed by atoms with Crippen molar-refractivity contribution in [1.82, 2.24) is 44.1 Å². The van der Waals surface area contributed by atoms with Crippen molar-refractivity contribution in [1.29, 1.82) is 0 Å². The van der Waals surface area contributed by atoms with Gasteiger partial charge >= 0.3 is 24.1 Å². The van der Waals surface area contributed by atoms with Gasteiger partial charge in [0.15, 0.2) is 39.3 Å². The molecule has 0 radical (unpaired) electrons. The van der Waals surface area contributed by atoms with E-state index in [1.54, 1.807) is 26.7 Å². The van der Waals surface area contributed by atoms with Crippen molar-refractivity contribution >= 4 is 107 Å². The molecule has 16 aliphatic heterocycles. The van der Waals surface area contributed by atoms with Gasteiger partial charge in [-0.25, -0.2) is 61.3 Å². The third-order valence-corrected chi connectivity index (χ3v) is 37.7. The van der Waals surface area contributed by atoms with Crippen molar-refractivity contribution in [3.05, 3.63) is 84.9 Å². The van der Waals surface area contributed by atoms with Crippen LogP contribution in [0.3, 0.4) is 0 Å². The summed E-state index contributed by atoms with van der Waals surface area (Å²) >= 11 is 0. The van der Waals surface area contributed by atoms with Crippen LogP contribution in [0.15, 0.2) is 84.9 Å². The molecule has 17 aliphatic rings. The lowest BCUT2D eigenvalue weighted by molar-refractivity contribution is -0.0347. The molecular formula is C92H141N13O17S5. The molecule has 21 rings (SSSR count). The van der Waals surface area contributed by atoms with E-state index in [2.05, 4.69) is 128 Å². The quantitative estimate of drug-likeness (QED) is 0.127. The molecule has 4 aromatic rings. The molecule has 0 spiro atoms. The third-order valence-electron chi connectivity index (χ3n) is 30.3. The van der Waals surface area contributed by atoms with E-state index in [9.17, 15) is 61.3 Å². The number of sulfone groups is 5. The Morgan fingerprint density at radius 1 is 0.417 bits per heavy atom. The van der Waals surface area contributed by atoms with Crippen molar-refractivity contribution in [2.45, 2.75) is 200 Å². The number of amides is 8. The van der Waals surface area contributed by atoms with Crippen LogP contribution < -0.4 is 29.1 Å². The number of urea groups is 4. The molecule has 4 aromatic carbocycles. The maximum Gasteiger partial charge on any atom is 0.320 e. The Labute approximate surface area is 756 Å². The molecule has 16 heterocycles. The third kappa shape index (κ3) is 21.9. The van der Waals surface area contributed by atoms with Crippen molar-refractivity contribution < 1.29 is 75.5 Å². The molecule has 8 atom stereocenters. The lowest BCUT2D eigenvalue weighted by Crippen LogP contribution is -2.60. The topological polar surface area (TPSA) is 309 Å². The monoisotopic (exact) mass is 1860 g/mol. The number of fused-ring (bicyclic) bond motifs is 17. The van der Waals surface area contributed by atoms with Crippen LogP contribution in [0.4, 0.5) is 41.9 Å². The summed E-state index contributed by atoms with van der Waals surface area (Å²) in [5.41, 5.74) is 4.76. The van der Waals surface area contributed by atoms with Crippen LogP contribution in [0.2, 0.25) is 0 Å². The van der Waals surface area contributed by atoms with Crippen molar-refractivity contribution in [2.75, 3.05) is 217 Å². The maximum absolute atomic E-state index is 13.5. The number of hydrogen-bond donors (Lipinski definition) is 0. The molecule has 8 amide bonds. The first kappa shape index (κ1) is 95.8. The molecule has 0 N–H and O–H groups in total. The molecule has 127 heavy (non-hydrogen) atoms. The first-order valence-corrected chi connectivity index (χ1v) is 55.6. The summed E-state index contributed by atoms with van der Waals surface area (Å²) in [5, 5.41) is 2.26. The number of carbonyl (C=O) groups is 4. The Morgan fingerprint density at radius 2 is 0.764 bits per heavy atom. The lowest BCUT2D eigenvalue weighted by atomic mass is 9.73. The van der Waals surface area contributed by atoms with Gasteiger partial charge in [-0.15, -0.1) is 0 Å². The fourth-order valence-electron chi connectivity index (χ4n) is 23.3. The highest BCUT2D eigenvalue weighted by atomic mass is 32.2. The molecule has 16 saturated heterocycles. The van der Waals surface area contributed by atoms with Crippen LogP contribution in [0.1, 0.15) is 139 Å². The van der Waals surface area contributed by atoms with Gasteiger partial charge in [0, 0.05) is 201 Å². The minimum Gasteiger partial charge on any atom is -0.496 e. The molecule has 35 heteroatoms. The number of benzene rings is 4. The SMILES string of the molecule is CCOc1ccc(N2CC3CC(C)(C)C2CCN3C(=O)N2CCS(=O)(=O)CC2)cc1.CN(CCS(C)(=O)=O)c1ccc(N2CC3CC(C)(C)C2CCN3C(=O)N2CCS(=O)(=O)CC2)cc1.COC1CCC(N2CC3CC(C)(C)C2CCN3C(=O)N2CCS(=O)(=O)CC2)CC1.COc1ccc(N2CC3CC(C)(C)C2CCN3C(=O)N2CCS(=O)(=O)CC2)c2ccccc12. The molecule has 1 aliphatic carbocycles. The molecular weight excluding hydrogens is 1720 g/mol. The van der Waals surface area contributed by atoms with E-state index in [0.717, 1.165) is 125 Å². The Hall–Kier alpha value is -7.31. The summed E-state index contributed by atoms with van der Waals surface area (Å²) in [7, 11) is -9.64. The van der Waals surface area contributed by atoms with E-state index >= 15 is 0 Å². The van der Waals surface area contributed by atoms with Gasteiger partial charge in [-0.3, -0.25) is 4.90 Å². The number of nitrogens with zero attached hydrogens (tertiary/aromatic N) is 13. The van der Waals surface area contributed by atoms with Crippen molar-refractivity contribution in [3.63, 3.8) is 0 Å². The van der Waals surface area contributed by atoms with Crippen LogP contribution in [0, 0.1) is 21.7 Å². The van der Waals surface area contributed by atoms with Crippen LogP contribution in [0.5, 0.6) is 11.5 Å². The average molecular weight is 1860 g/mol. The summed E-state index contributed by atoms with van der Waals surface area (Å²) in [6.07, 6.45) is 13.8. The zero-order valence-electron chi connectivity index (χ0n) is 77.2. The summed E-state index contributed by atoms with van der Waals surface area (Å²) in [5.74, 6) is 2.41. The highest BCUT2D eigenvalue weighted by molar-refractivity contribution is 7.92. The summed E-state index contributed by atoms with van der Waals surface area (Å²) in [6.45, 7) is 30.1. The molecule has 1 saturated carbocycles. The van der Waals surface area contributed by atoms with E-state index in [1.165, 1.54) is 35.9 Å². The zero-order valence-corrected chi connectivity index (χ0v) is 81.3. The van der Waals surface area contributed by atoms with Crippen LogP contribution in [-0.4, -0.2) is 368 Å². The molecule has 8 bridgehead atoms. The van der Waals surface area contributed by atoms with Gasteiger partial charge in [0.05, 0.1) is 89.7 Å². The van der Waals surface area contributed by atoms with Gasteiger partial charge in [-0.2, -0.15) is 0 Å². The van der Waals surface area contributed by atoms with Crippen molar-refractivity contribution in [3.8, 4) is 11.5 Å². The maximum atomic E-state index is 13.5. The number of ether oxygens (including phenoxy) is 3. The summed E-state index contributed by atoms with van der Waals surface area (Å²) in [4.78, 5) is 80.5. The second-order valence-corrected chi connectivity index (χ2v) is 52.2. The van der Waals surface area contributed by atoms with E-state index < -0.39 is 49.2 Å². The van der Waals surface area contributed by atoms with Gasteiger partial charge in [0.2, 0.25) is 0 Å². The Bertz CT molecular complexity index is 5140. The number of anilines is 4. The minimum atomic E-state index is -3.04. The zero-order chi connectivity index (χ0) is 91.3. The van der Waals surface area contributed by atoms with Crippen LogP contribution in [-0.2, 0) is 53.9 Å². The lowest BCUT2D eigenvalue weighted by Gasteiger charge is -2.52. The fraction of sp³-hybridized carbons (Fsp3) is 0.717. The second kappa shape index (κ2) is 38.1. The Kier molecular flexibility index (Phi) is 28.7. The Balaban J connectivity index is 0.000000138. The number of hydrogen-bond acceptors (Lipinski definition) is 22. The minimum absolute atomic E-state index is 0.0000984. The first-order chi connectivity index (χ1) is 59.9. The van der Waals surface area contributed by atoms with Crippen molar-refractivity contribution in [2.24, 2.45) is 21.7 Å². The normalized spacial score (nSPS) is 29.0. The Morgan fingerprint density at radius 3 is 1.13 bits per heavy atom. The largest absolute Gasteiger partial charge is 0.496 e. The average Bonchev–Trinajstić information content (AvgIpc) is 1.67. The highest BCUT2D eigenvalue weighted by Gasteiger charge is 2.54. The van der Waals surface area contributed by atoms with E-state index in [-0.39, 0.29) is 141 Å². The van der Waals surface area contributed by atoms with Crippen LogP contribution in [0.25, 0.3) is 10.8 Å². The fourth-order valence-corrected chi connectivity index (χ4v) is 28.7. The molecule has 30 nitrogen and oxygen atoms in total. The van der Waals surface area contributed by atoms with Gasteiger partial charge in [-0.05, 0) is 166 Å². The predicted molar refractivity (Wildman–Crippen MR) is 501 cm³/mol. The smallest absolute Gasteiger partial charge is 0.320 e. The van der Waals surface area contributed by atoms with Gasteiger partial charge < -0.3 is 73.0 Å². The van der Waals surface area contributed by atoms with E-state index in [4.69, 9.17) is 14.2 Å². The first-order valence-electron chi connectivity index (χ1n) is 46.3. The van der Waals surface area contributed by atoms with E-state index in [1.807, 2.05) is 77.1 Å². The number of carbonyl (C=O) groups excluding carboxylic acids is 4. The summed E-state index contributed by atoms with van der Waals surface area (Å²) < 4.78 is 134. The molecule has 17 fully saturated rings. The standard InChI is InChI=1S/C25H33N3O4S.C24H38N4O5S2.C22H33N3O4S.C21H37N3O4S/c1-25(2)16-18-17-28(21-8-9-22(32-3)20-7-5-4-6-19(20)21)23(25)10-11-27(18)24(29)26-12-14-33(30,31)15-13-26;1-24(2)17-21-18-28(20-7-5-19(6-8-20)25(3)11-14-34(4,30)31)22(24)9-10-27(21)23(29)26-12-15-35(32,33)16-13-26;1-4-29-19-7-5-17(6-8-19)25-16-18-15-22(2,3)20(25)9-10-24(18)21(26)23-11-13-30(27,28)14-12-23;1-21(2)14-17-15-24(16-4-6-18(28-3)7-5-16)19(21)8-9-23(17)20(25)22-10-12-29(26,27)13-11-22/h4-9,18,23H,10-17H2,1-3H3;5-8,21-22H,9-18H2,1-4H3;5-8,18,20H,4,9-16H2,1-3H3;16-19H,4-15H2,1-3H3. The van der Waals surface area contributed by atoms with Gasteiger partial charge in [-0.1, -0.05) is 79.7 Å². The molecule has 0 aromatic heterocycles. The van der Waals surface area contributed by atoms with Gasteiger partial charge in [0.25, 0.3) is 0 Å². The van der Waals surface area contributed by atoms with Gasteiger partial charge in [0.1, 0.15) is 21.3 Å². The number of rotatable bonds is 12. The predicted octanol–water partition coefficient (Wildman–Crippen LogP) is 9.66. The molecule has 706 valence electrons. The summed E-state index contributed by atoms with van der Waals surface area (Å²) in [6, 6.07) is 31.6. The van der Waals surface area contributed by atoms with Crippen LogP contribution >= 0.6 is 0 Å².